The first-order valence-electron chi connectivity index (χ1n) is 10.9. The average Bonchev–Trinajstić information content (AvgIpc) is 2.92. The van der Waals surface area contributed by atoms with Crippen LogP contribution in [0, 0.1) is 5.92 Å². The third-order valence-electron chi connectivity index (χ3n) is 6.84. The fraction of sp³-hybridized carbons (Fsp3) is 0.667. The topological polar surface area (TPSA) is 86.7 Å². The van der Waals surface area contributed by atoms with E-state index >= 15 is 0 Å². The van der Waals surface area contributed by atoms with Crippen molar-refractivity contribution in [3.63, 3.8) is 0 Å². The Hall–Kier alpha value is -1.42. The predicted octanol–water partition coefficient (Wildman–Crippen LogP) is 2.74. The van der Waals surface area contributed by atoms with E-state index in [-0.39, 0.29) is 18.3 Å². The Morgan fingerprint density at radius 3 is 2.38 bits per heavy atom. The van der Waals surface area contributed by atoms with Crippen LogP contribution in [0.15, 0.2) is 23.5 Å². The molecular formula is C21H31Cl2N5O3S. The summed E-state index contributed by atoms with van der Waals surface area (Å²) in [6.07, 6.45) is 5.87. The zero-order valence-corrected chi connectivity index (χ0v) is 20.9. The van der Waals surface area contributed by atoms with E-state index in [9.17, 15) is 13.2 Å². The summed E-state index contributed by atoms with van der Waals surface area (Å²) in [5, 5.41) is -0.168. The van der Waals surface area contributed by atoms with Gasteiger partial charge in [-0.2, -0.15) is 0 Å². The normalized spacial score (nSPS) is 25.7. The minimum Gasteiger partial charge on any atom is -0.353 e. The lowest BCUT2D eigenvalue weighted by Crippen LogP contribution is -2.47. The second kappa shape index (κ2) is 10.2. The van der Waals surface area contributed by atoms with Gasteiger partial charge in [-0.05, 0) is 46.1 Å². The molecule has 3 aliphatic rings. The maximum atomic E-state index is 12.9. The predicted molar refractivity (Wildman–Crippen MR) is 128 cm³/mol. The van der Waals surface area contributed by atoms with E-state index in [0.717, 1.165) is 56.1 Å². The van der Waals surface area contributed by atoms with Gasteiger partial charge in [-0.1, -0.05) is 22.7 Å². The summed E-state index contributed by atoms with van der Waals surface area (Å²) >= 11 is 5.93. The maximum absolute atomic E-state index is 12.9. The van der Waals surface area contributed by atoms with Crippen LogP contribution < -0.4 is 4.90 Å². The average molecular weight is 504 g/mol. The van der Waals surface area contributed by atoms with Crippen molar-refractivity contribution in [3.05, 3.63) is 28.7 Å². The highest BCUT2D eigenvalue weighted by atomic mass is 35.5. The Morgan fingerprint density at radius 1 is 1.03 bits per heavy atom. The van der Waals surface area contributed by atoms with Crippen LogP contribution in [0.25, 0.3) is 0 Å². The van der Waals surface area contributed by atoms with Gasteiger partial charge in [0.15, 0.2) is 0 Å². The summed E-state index contributed by atoms with van der Waals surface area (Å²) in [6, 6.07) is 0. The molecular weight excluding hydrogens is 473 g/mol. The SMILES string of the molecule is CC1=C(C)CC2C(C1)C(=O)N(CCCCN1CCN(c3cncc(Cl)n3)CC1)S2(=O)=O.Cl. The van der Waals surface area contributed by atoms with Crippen LogP contribution >= 0.6 is 24.0 Å². The molecule has 0 N–H and O–H groups in total. The number of hydrogen-bond acceptors (Lipinski definition) is 7. The maximum Gasteiger partial charge on any atom is 0.241 e. The quantitative estimate of drug-likeness (QED) is 0.435. The molecule has 1 amide bonds. The van der Waals surface area contributed by atoms with Gasteiger partial charge >= 0.3 is 0 Å². The number of piperazine rings is 1. The molecule has 2 saturated heterocycles. The van der Waals surface area contributed by atoms with E-state index in [0.29, 0.717) is 31.0 Å². The highest BCUT2D eigenvalue weighted by Crippen LogP contribution is 2.41. The van der Waals surface area contributed by atoms with E-state index in [2.05, 4.69) is 19.8 Å². The molecule has 2 fully saturated rings. The van der Waals surface area contributed by atoms with Gasteiger partial charge in [-0.25, -0.2) is 17.7 Å². The molecule has 2 unspecified atom stereocenters. The first-order valence-corrected chi connectivity index (χ1v) is 12.8. The molecule has 178 valence electrons. The van der Waals surface area contributed by atoms with Crippen LogP contribution in [0.2, 0.25) is 5.15 Å². The molecule has 8 nitrogen and oxygen atoms in total. The molecule has 4 rings (SSSR count). The molecule has 3 heterocycles. The number of allylic oxidation sites excluding steroid dienone is 2. The van der Waals surface area contributed by atoms with Gasteiger partial charge < -0.3 is 4.90 Å². The van der Waals surface area contributed by atoms with Crippen LogP contribution in [0.4, 0.5) is 5.82 Å². The number of nitrogens with zero attached hydrogens (tertiary/aromatic N) is 5. The summed E-state index contributed by atoms with van der Waals surface area (Å²) < 4.78 is 27.0. The van der Waals surface area contributed by atoms with Gasteiger partial charge in [0.1, 0.15) is 11.0 Å². The van der Waals surface area contributed by atoms with Gasteiger partial charge in [-0.15, -0.1) is 12.4 Å². The Bertz CT molecular complexity index is 979. The Labute approximate surface area is 201 Å². The number of carbonyl (C=O) groups is 1. The van der Waals surface area contributed by atoms with Gasteiger partial charge in [-0.3, -0.25) is 14.7 Å². The van der Waals surface area contributed by atoms with Crippen LogP contribution in [0.3, 0.4) is 0 Å². The summed E-state index contributed by atoms with van der Waals surface area (Å²) in [5.41, 5.74) is 2.27. The van der Waals surface area contributed by atoms with Crippen molar-refractivity contribution < 1.29 is 13.2 Å². The highest BCUT2D eigenvalue weighted by Gasteiger charge is 2.53. The number of rotatable bonds is 6. The van der Waals surface area contributed by atoms with Gasteiger partial charge in [0, 0.05) is 32.7 Å². The van der Waals surface area contributed by atoms with Crippen molar-refractivity contribution in [1.82, 2.24) is 19.2 Å². The van der Waals surface area contributed by atoms with E-state index in [1.165, 1.54) is 10.5 Å². The Kier molecular flexibility index (Phi) is 8.06. The molecule has 1 aliphatic carbocycles. The van der Waals surface area contributed by atoms with Gasteiger partial charge in [0.2, 0.25) is 15.9 Å². The van der Waals surface area contributed by atoms with Crippen molar-refractivity contribution in [2.24, 2.45) is 5.92 Å². The lowest BCUT2D eigenvalue weighted by molar-refractivity contribution is -0.129. The monoisotopic (exact) mass is 503 g/mol. The first-order chi connectivity index (χ1) is 14.8. The van der Waals surface area contributed by atoms with Gasteiger partial charge in [0.25, 0.3) is 0 Å². The second-order valence-corrected chi connectivity index (χ2v) is 11.3. The molecule has 0 saturated carbocycles. The van der Waals surface area contributed by atoms with Crippen molar-refractivity contribution in [2.45, 2.75) is 44.8 Å². The number of sulfonamides is 1. The molecule has 2 atom stereocenters. The molecule has 32 heavy (non-hydrogen) atoms. The number of carbonyl (C=O) groups excluding carboxylic acids is 1. The third kappa shape index (κ3) is 5.05. The zero-order valence-electron chi connectivity index (χ0n) is 18.5. The van der Waals surface area contributed by atoms with Crippen molar-refractivity contribution >= 4 is 45.8 Å². The number of hydrogen-bond donors (Lipinski definition) is 0. The van der Waals surface area contributed by atoms with Crippen LogP contribution in [-0.4, -0.2) is 78.0 Å². The number of fused-ring (bicyclic) bond motifs is 1. The van der Waals surface area contributed by atoms with Crippen molar-refractivity contribution in [1.29, 1.82) is 0 Å². The largest absolute Gasteiger partial charge is 0.353 e. The van der Waals surface area contributed by atoms with Crippen molar-refractivity contribution in [2.75, 3.05) is 44.2 Å². The van der Waals surface area contributed by atoms with E-state index in [4.69, 9.17) is 11.6 Å². The standard InChI is InChI=1S/C21H30ClN5O3S.ClH/c1-15-11-17-18(12-16(15)2)31(29,30)27(21(17)28)6-4-3-5-25-7-9-26(10-8-25)20-14-23-13-19(22)24-20;/h13-14,17-18H,3-12H2,1-2H3;1H. The Morgan fingerprint density at radius 2 is 1.69 bits per heavy atom. The summed E-state index contributed by atoms with van der Waals surface area (Å²) in [5.74, 6) is 0.204. The fourth-order valence-electron chi connectivity index (χ4n) is 4.80. The molecule has 0 aromatic carbocycles. The highest BCUT2D eigenvalue weighted by molar-refractivity contribution is 7.90. The second-order valence-electron chi connectivity index (χ2n) is 8.80. The number of aromatic nitrogens is 2. The molecule has 1 aromatic rings. The summed E-state index contributed by atoms with van der Waals surface area (Å²) in [7, 11) is -3.53. The minimum absolute atomic E-state index is 0. The van der Waals surface area contributed by atoms with Crippen molar-refractivity contribution in [3.8, 4) is 0 Å². The lowest BCUT2D eigenvalue weighted by atomic mass is 9.84. The van der Waals surface area contributed by atoms with Crippen LogP contribution in [0.5, 0.6) is 0 Å². The minimum atomic E-state index is -3.53. The molecule has 11 heteroatoms. The lowest BCUT2D eigenvalue weighted by Gasteiger charge is -2.35. The summed E-state index contributed by atoms with van der Waals surface area (Å²) in [6.45, 7) is 8.69. The van der Waals surface area contributed by atoms with E-state index < -0.39 is 21.2 Å². The summed E-state index contributed by atoms with van der Waals surface area (Å²) in [4.78, 5) is 25.7. The molecule has 2 aliphatic heterocycles. The number of unbranched alkanes of at least 4 members (excludes halogenated alkanes) is 1. The van der Waals surface area contributed by atoms with E-state index in [1.54, 1.807) is 6.20 Å². The van der Waals surface area contributed by atoms with Crippen LogP contribution in [-0.2, 0) is 14.8 Å². The first kappa shape index (κ1) is 25.2. The number of anilines is 1. The smallest absolute Gasteiger partial charge is 0.241 e. The number of amides is 1. The molecule has 0 radical (unpaired) electrons. The number of halogens is 2. The Balaban J connectivity index is 0.00000289. The zero-order chi connectivity index (χ0) is 22.2. The molecule has 0 bridgehead atoms. The van der Waals surface area contributed by atoms with Crippen LogP contribution in [0.1, 0.15) is 39.5 Å². The fourth-order valence-corrected chi connectivity index (χ4v) is 7.13. The van der Waals surface area contributed by atoms with E-state index in [1.807, 2.05) is 13.8 Å². The van der Waals surface area contributed by atoms with Gasteiger partial charge in [0.05, 0.1) is 23.6 Å². The molecule has 0 spiro atoms. The molecule has 1 aromatic heterocycles. The third-order valence-corrected chi connectivity index (χ3v) is 9.26.